The van der Waals surface area contributed by atoms with Gasteiger partial charge in [-0.1, -0.05) is 39.3 Å². The average Bonchev–Trinajstić information content (AvgIpc) is 3.53. The van der Waals surface area contributed by atoms with Crippen molar-refractivity contribution in [1.29, 1.82) is 0 Å². The van der Waals surface area contributed by atoms with E-state index in [1.807, 2.05) is 34.6 Å². The molecule has 7 aliphatic rings. The van der Waals surface area contributed by atoms with Gasteiger partial charge in [-0.3, -0.25) is 14.4 Å². The first kappa shape index (κ1) is 51.7. The van der Waals surface area contributed by atoms with Gasteiger partial charge in [0.25, 0.3) is 0 Å². The minimum Gasteiger partial charge on any atom is -0.458 e. The molecular weight excluding hydrogens is 861 g/mol. The van der Waals surface area contributed by atoms with Gasteiger partial charge in [0.1, 0.15) is 48.5 Å². The van der Waals surface area contributed by atoms with Crippen molar-refractivity contribution in [3.05, 3.63) is 11.6 Å². The second kappa shape index (κ2) is 20.3. The molecule has 17 nitrogen and oxygen atoms in total. The van der Waals surface area contributed by atoms with Crippen LogP contribution in [0.2, 0.25) is 0 Å². The van der Waals surface area contributed by atoms with E-state index in [-0.39, 0.29) is 36.1 Å². The maximum atomic E-state index is 13.5. The predicted molar refractivity (Wildman–Crippen MR) is 234 cm³/mol. The highest BCUT2D eigenvalue weighted by atomic mass is 16.8. The number of Topliss-reactive ketones (excluding diaryl/α,β-unsaturated/α-hetero) is 1. The van der Waals surface area contributed by atoms with Crippen molar-refractivity contribution in [1.82, 2.24) is 0 Å². The van der Waals surface area contributed by atoms with Crippen LogP contribution in [0.1, 0.15) is 120 Å². The fraction of sp³-hybridized carbons (Fsp3) is 0.898. The lowest BCUT2D eigenvalue weighted by Crippen LogP contribution is -2.72. The van der Waals surface area contributed by atoms with E-state index >= 15 is 0 Å². The molecule has 6 fully saturated rings. The topological polar surface area (TPSA) is 213 Å². The van der Waals surface area contributed by atoms with E-state index in [0.717, 1.165) is 5.57 Å². The smallest absolute Gasteiger partial charge is 0.306 e. The Bertz CT molecular complexity index is 1760. The van der Waals surface area contributed by atoms with Gasteiger partial charge in [-0.25, -0.2) is 0 Å². The molecule has 4 aliphatic carbocycles. The molecule has 22 atom stereocenters. The second-order valence-electron chi connectivity index (χ2n) is 21.2. The van der Waals surface area contributed by atoms with Crippen LogP contribution >= 0.6 is 0 Å². The van der Waals surface area contributed by atoms with Crippen LogP contribution in [-0.4, -0.2) is 158 Å². The highest BCUT2D eigenvalue weighted by Gasteiger charge is 2.75. The fourth-order valence-corrected chi connectivity index (χ4v) is 13.4. The number of fused-ring (bicyclic) bond motifs is 5. The number of aliphatic hydroxyl groups excluding tert-OH is 2. The van der Waals surface area contributed by atoms with Gasteiger partial charge < -0.3 is 67.4 Å². The Hall–Kier alpha value is -2.13. The van der Waals surface area contributed by atoms with E-state index in [9.17, 15) is 29.7 Å². The zero-order valence-electron chi connectivity index (χ0n) is 41.0. The van der Waals surface area contributed by atoms with Gasteiger partial charge >= 0.3 is 11.9 Å². The minimum absolute atomic E-state index is 0.0185. The second-order valence-corrected chi connectivity index (χ2v) is 21.2. The van der Waals surface area contributed by atoms with Gasteiger partial charge in [-0.05, 0) is 83.5 Å². The Kier molecular flexibility index (Phi) is 15.9. The number of ketones is 1. The zero-order valence-corrected chi connectivity index (χ0v) is 41.0. The predicted octanol–water partition coefficient (Wildman–Crippen LogP) is 4.32. The number of carbonyl (C=O) groups is 3. The number of allylic oxidation sites excluding steroid dienone is 1. The molecular formula is C49H78O17. The summed E-state index contributed by atoms with van der Waals surface area (Å²) < 4.78 is 68.2. The summed E-state index contributed by atoms with van der Waals surface area (Å²) in [5, 5.41) is 34.4. The van der Waals surface area contributed by atoms with Crippen LogP contribution in [0.5, 0.6) is 0 Å². The monoisotopic (exact) mass is 939 g/mol. The van der Waals surface area contributed by atoms with Gasteiger partial charge in [0.15, 0.2) is 18.9 Å². The number of hydrogen-bond donors (Lipinski definition) is 3. The van der Waals surface area contributed by atoms with Gasteiger partial charge in [-0.15, -0.1) is 0 Å². The summed E-state index contributed by atoms with van der Waals surface area (Å²) in [6, 6.07) is 0. The molecule has 0 aromatic heterocycles. The van der Waals surface area contributed by atoms with Crippen LogP contribution < -0.4 is 0 Å². The van der Waals surface area contributed by atoms with Gasteiger partial charge in [0, 0.05) is 64.8 Å². The molecule has 17 heteroatoms. The van der Waals surface area contributed by atoms with Crippen LogP contribution in [0.4, 0.5) is 0 Å². The molecule has 3 heterocycles. The maximum absolute atomic E-state index is 13.5. The van der Waals surface area contributed by atoms with E-state index in [1.54, 1.807) is 21.1 Å². The third-order valence-corrected chi connectivity index (χ3v) is 16.8. The molecule has 0 bridgehead atoms. The van der Waals surface area contributed by atoms with E-state index in [2.05, 4.69) is 13.0 Å². The third kappa shape index (κ3) is 9.44. The van der Waals surface area contributed by atoms with E-state index in [4.69, 9.17) is 52.1 Å². The quantitative estimate of drug-likeness (QED) is 0.163. The molecule has 0 radical (unpaired) electrons. The Balaban J connectivity index is 1.02. The highest BCUT2D eigenvalue weighted by Crippen LogP contribution is 2.69. The summed E-state index contributed by atoms with van der Waals surface area (Å²) in [6.07, 6.45) is -4.93. The molecule has 3 N–H and O–H groups in total. The molecule has 66 heavy (non-hydrogen) atoms. The summed E-state index contributed by atoms with van der Waals surface area (Å²) in [7, 11) is 4.63. The summed E-state index contributed by atoms with van der Waals surface area (Å²) in [6.45, 7) is 16.2. The summed E-state index contributed by atoms with van der Waals surface area (Å²) >= 11 is 0. The van der Waals surface area contributed by atoms with Crippen LogP contribution in [0.25, 0.3) is 0 Å². The normalized spacial score (nSPS) is 48.1. The first-order valence-corrected chi connectivity index (χ1v) is 24.3. The summed E-state index contributed by atoms with van der Waals surface area (Å²) in [5.41, 5.74) is -1.91. The number of methoxy groups -OCH3 is 3. The van der Waals surface area contributed by atoms with Gasteiger partial charge in [-0.2, -0.15) is 0 Å². The molecule has 0 unspecified atom stereocenters. The van der Waals surface area contributed by atoms with Crippen molar-refractivity contribution in [2.45, 2.75) is 224 Å². The van der Waals surface area contributed by atoms with Crippen molar-refractivity contribution in [2.75, 3.05) is 21.3 Å². The number of aliphatic hydroxyl groups is 3. The number of ether oxygens (including phenoxy) is 11. The molecule has 0 aromatic carbocycles. The van der Waals surface area contributed by atoms with Crippen molar-refractivity contribution in [3.8, 4) is 0 Å². The lowest BCUT2D eigenvalue weighted by molar-refractivity contribution is -0.352. The molecule has 376 valence electrons. The van der Waals surface area contributed by atoms with Crippen molar-refractivity contribution in [3.63, 3.8) is 0 Å². The van der Waals surface area contributed by atoms with Crippen molar-refractivity contribution >= 4 is 17.7 Å². The lowest BCUT2D eigenvalue weighted by atomic mass is 9.44. The fourth-order valence-electron chi connectivity index (χ4n) is 13.4. The maximum Gasteiger partial charge on any atom is 0.306 e. The number of carbonyl (C=O) groups excluding carboxylic acids is 3. The van der Waals surface area contributed by atoms with Crippen molar-refractivity contribution < 1.29 is 81.8 Å². The summed E-state index contributed by atoms with van der Waals surface area (Å²) in [5.74, 6) is -2.31. The zero-order chi connectivity index (χ0) is 48.2. The Morgan fingerprint density at radius 3 is 1.97 bits per heavy atom. The number of esters is 2. The van der Waals surface area contributed by atoms with Crippen LogP contribution in [0.3, 0.4) is 0 Å². The van der Waals surface area contributed by atoms with E-state index in [1.165, 1.54) is 21.0 Å². The highest BCUT2D eigenvalue weighted by molar-refractivity contribution is 5.80. The van der Waals surface area contributed by atoms with Gasteiger partial charge in [0.05, 0.1) is 42.2 Å². The summed E-state index contributed by atoms with van der Waals surface area (Å²) in [4.78, 5) is 39.8. The Morgan fingerprint density at radius 2 is 1.39 bits per heavy atom. The first-order valence-electron chi connectivity index (χ1n) is 24.3. The van der Waals surface area contributed by atoms with Gasteiger partial charge in [0.2, 0.25) is 0 Å². The third-order valence-electron chi connectivity index (χ3n) is 16.8. The Morgan fingerprint density at radius 1 is 0.773 bits per heavy atom. The first-order chi connectivity index (χ1) is 31.1. The number of rotatable bonds is 14. The largest absolute Gasteiger partial charge is 0.458 e. The SMILES string of the molecule is CO[C@H]1[C@@H](O)[C@H](O[C@H]2[C@@H](OC)C[C@H](O[C@H]3[C@@H](OC)C[C@H](O[C@@H]4CC[C@@]5(C)C(=CC[C@@H]6[C@@H]5[C@H](OC(C)=O)[C@@H](OC(=O)CC(C)C)[C@]5(C)[C@@H](C(C)=O)CC[C@]65O)C4)O[C@@H]3C)O[C@@H]2C)O[C@H](C)[C@H]1O. The molecule has 3 saturated heterocycles. The van der Waals surface area contributed by atoms with Crippen molar-refractivity contribution in [2.24, 2.45) is 34.5 Å². The molecule has 0 aromatic rings. The molecule has 0 spiro atoms. The standard InChI is InChI=1S/C49H78O17/c1-23(2)19-35(52)64-45-43(62-28(7)51)38-32(49(55)18-16-31(24(3)50)48(45,49)9)14-13-29-20-30(15-17-47(29,38)8)63-36-21-33(56-10)41(26(5)59-36)65-37-22-34(57-11)42(27(6)60-37)66-46-40(54)44(58-12)39(53)25(4)61-46/h13,23,25-27,30-34,36-46,53-55H,14-22H2,1-12H3/t25-,26-,27-,30-,31-,32-,33+,34+,36+,37+,38-,39-,40-,41-,42-,43+,44-,45-,46+,47+,48+,49+/m1/s1. The molecule has 7 rings (SSSR count). The van der Waals surface area contributed by atoms with E-state index < -0.39 is 126 Å². The molecule has 3 saturated carbocycles. The molecule has 0 amide bonds. The minimum atomic E-state index is -1.35. The van der Waals surface area contributed by atoms with Crippen LogP contribution in [-0.2, 0) is 66.5 Å². The molecule has 3 aliphatic heterocycles. The Labute approximate surface area is 390 Å². The van der Waals surface area contributed by atoms with Crippen LogP contribution in [0.15, 0.2) is 11.6 Å². The average molecular weight is 939 g/mol. The lowest BCUT2D eigenvalue weighted by Gasteiger charge is -2.64. The van der Waals surface area contributed by atoms with E-state index in [0.29, 0.717) is 51.4 Å². The number of hydrogen-bond acceptors (Lipinski definition) is 17. The van der Waals surface area contributed by atoms with Crippen LogP contribution in [0, 0.1) is 34.5 Å².